The van der Waals surface area contributed by atoms with Gasteiger partial charge in [-0.15, -0.1) is 0 Å². The molecule has 7 nitrogen and oxygen atoms in total. The number of aromatic nitrogens is 3. The molecule has 0 spiro atoms. The molecule has 0 saturated carbocycles. The minimum atomic E-state index is -4.70. The Morgan fingerprint density at radius 1 is 1.03 bits per heavy atom. The maximum Gasteiger partial charge on any atom is 0.431 e. The summed E-state index contributed by atoms with van der Waals surface area (Å²) < 4.78 is 53.5. The zero-order valence-corrected chi connectivity index (χ0v) is 19.8. The summed E-state index contributed by atoms with van der Waals surface area (Å²) in [6.45, 7) is 2.53. The molecule has 2 aliphatic rings. The fourth-order valence-electron chi connectivity index (χ4n) is 5.39. The standard InChI is InChI=1S/C25H27F4N5O2/c1-33-8-4-14(5-9-33)19-12-17-21(18(26)13-30-22(17)31-19)15-6-10-34(11-7-15)24(36)16-2-3-20(25(27,28)29)32-23(16)35/h2-3,12-15H,4-11H2,1H3,(H,30,31)(H,32,35). The second kappa shape index (κ2) is 9.34. The third-order valence-corrected chi connectivity index (χ3v) is 7.47. The molecule has 0 atom stereocenters. The van der Waals surface area contributed by atoms with Crippen LogP contribution in [-0.4, -0.2) is 63.9 Å². The van der Waals surface area contributed by atoms with Crippen LogP contribution in [0.15, 0.2) is 29.2 Å². The number of nitrogens with zero attached hydrogens (tertiary/aromatic N) is 3. The molecule has 0 bridgehead atoms. The molecule has 2 N–H and O–H groups in total. The molecule has 5 heterocycles. The van der Waals surface area contributed by atoms with Crippen molar-refractivity contribution in [2.24, 2.45) is 0 Å². The Labute approximate surface area is 204 Å². The molecular formula is C25H27F4N5O2. The minimum absolute atomic E-state index is 0.147. The second-order valence-corrected chi connectivity index (χ2v) is 9.76. The molecule has 0 radical (unpaired) electrons. The third-order valence-electron chi connectivity index (χ3n) is 7.47. The van der Waals surface area contributed by atoms with Crippen molar-refractivity contribution in [3.05, 3.63) is 63.1 Å². The monoisotopic (exact) mass is 505 g/mol. The smallest absolute Gasteiger partial charge is 0.343 e. The first-order valence-corrected chi connectivity index (χ1v) is 12.1. The number of alkyl halides is 3. The van der Waals surface area contributed by atoms with Crippen LogP contribution in [0.4, 0.5) is 17.6 Å². The van der Waals surface area contributed by atoms with Crippen LogP contribution in [0.1, 0.15) is 64.8 Å². The Bertz CT molecular complexity index is 1330. The number of carbonyl (C=O) groups is 1. The number of likely N-dealkylation sites (tertiary alicyclic amines) is 2. The van der Waals surface area contributed by atoms with Gasteiger partial charge in [-0.25, -0.2) is 9.37 Å². The number of aromatic amines is 2. The molecule has 2 saturated heterocycles. The number of hydrogen-bond acceptors (Lipinski definition) is 4. The number of amides is 1. The molecule has 1 amide bonds. The Morgan fingerprint density at radius 3 is 2.33 bits per heavy atom. The maximum atomic E-state index is 15.0. The van der Waals surface area contributed by atoms with E-state index in [0.717, 1.165) is 43.1 Å². The highest BCUT2D eigenvalue weighted by Crippen LogP contribution is 2.37. The number of halogens is 4. The fraction of sp³-hybridized carbons (Fsp3) is 0.480. The predicted molar refractivity (Wildman–Crippen MR) is 125 cm³/mol. The predicted octanol–water partition coefficient (Wildman–Crippen LogP) is 4.24. The molecule has 3 aromatic heterocycles. The van der Waals surface area contributed by atoms with Gasteiger partial charge in [0.05, 0.1) is 6.20 Å². The third kappa shape index (κ3) is 4.63. The number of hydrogen-bond donors (Lipinski definition) is 2. The number of nitrogens with one attached hydrogen (secondary N) is 2. The average molecular weight is 506 g/mol. The largest absolute Gasteiger partial charge is 0.431 e. The van der Waals surface area contributed by atoms with Crippen molar-refractivity contribution in [2.75, 3.05) is 33.2 Å². The van der Waals surface area contributed by atoms with Crippen molar-refractivity contribution >= 4 is 16.9 Å². The van der Waals surface area contributed by atoms with Crippen LogP contribution in [0, 0.1) is 5.82 Å². The van der Waals surface area contributed by atoms with E-state index in [9.17, 15) is 22.8 Å². The van der Waals surface area contributed by atoms with Gasteiger partial charge in [0.25, 0.3) is 11.5 Å². The van der Waals surface area contributed by atoms with E-state index in [1.54, 1.807) is 4.98 Å². The maximum absolute atomic E-state index is 15.0. The summed E-state index contributed by atoms with van der Waals surface area (Å²) >= 11 is 0. The van der Waals surface area contributed by atoms with E-state index < -0.39 is 23.3 Å². The van der Waals surface area contributed by atoms with Gasteiger partial charge in [0, 0.05) is 35.7 Å². The van der Waals surface area contributed by atoms with Gasteiger partial charge >= 0.3 is 6.18 Å². The lowest BCUT2D eigenvalue weighted by atomic mass is 9.87. The highest BCUT2D eigenvalue weighted by atomic mass is 19.4. The highest BCUT2D eigenvalue weighted by Gasteiger charge is 2.34. The van der Waals surface area contributed by atoms with Crippen LogP contribution in [0.25, 0.3) is 11.0 Å². The average Bonchev–Trinajstić information content (AvgIpc) is 3.28. The summed E-state index contributed by atoms with van der Waals surface area (Å²) in [7, 11) is 2.10. The van der Waals surface area contributed by atoms with Crippen molar-refractivity contribution in [3.8, 4) is 0 Å². The molecule has 11 heteroatoms. The van der Waals surface area contributed by atoms with Crippen LogP contribution >= 0.6 is 0 Å². The van der Waals surface area contributed by atoms with E-state index >= 15 is 4.39 Å². The first-order valence-electron chi connectivity index (χ1n) is 12.1. The molecule has 0 aromatic carbocycles. The van der Waals surface area contributed by atoms with Gasteiger partial charge in [0.1, 0.15) is 22.7 Å². The lowest BCUT2D eigenvalue weighted by Gasteiger charge is -2.32. The van der Waals surface area contributed by atoms with Gasteiger partial charge < -0.3 is 19.8 Å². The van der Waals surface area contributed by atoms with Crippen LogP contribution < -0.4 is 5.56 Å². The molecule has 192 valence electrons. The van der Waals surface area contributed by atoms with Crippen molar-refractivity contribution in [1.82, 2.24) is 24.8 Å². The molecule has 0 unspecified atom stereocenters. The van der Waals surface area contributed by atoms with E-state index in [2.05, 4.69) is 21.9 Å². The minimum Gasteiger partial charge on any atom is -0.343 e. The Hall–Kier alpha value is -3.21. The summed E-state index contributed by atoms with van der Waals surface area (Å²) in [5, 5.41) is 0.757. The van der Waals surface area contributed by atoms with E-state index in [1.165, 1.54) is 11.1 Å². The molecule has 2 aliphatic heterocycles. The molecule has 0 aliphatic carbocycles. The van der Waals surface area contributed by atoms with Gasteiger partial charge in [-0.05, 0) is 69.9 Å². The number of fused-ring (bicyclic) bond motifs is 1. The molecular weight excluding hydrogens is 478 g/mol. The Morgan fingerprint density at radius 2 is 1.69 bits per heavy atom. The van der Waals surface area contributed by atoms with Crippen LogP contribution in [0.2, 0.25) is 0 Å². The zero-order chi connectivity index (χ0) is 25.6. The van der Waals surface area contributed by atoms with Gasteiger partial charge in [-0.3, -0.25) is 9.59 Å². The Balaban J connectivity index is 1.33. The molecule has 36 heavy (non-hydrogen) atoms. The summed E-state index contributed by atoms with van der Waals surface area (Å²) in [4.78, 5) is 38.1. The highest BCUT2D eigenvalue weighted by molar-refractivity contribution is 5.94. The molecule has 3 aromatic rings. The van der Waals surface area contributed by atoms with Crippen LogP contribution in [0.3, 0.4) is 0 Å². The van der Waals surface area contributed by atoms with E-state index in [1.807, 2.05) is 6.07 Å². The number of rotatable bonds is 3. The number of pyridine rings is 2. The first kappa shape index (κ1) is 24.5. The van der Waals surface area contributed by atoms with Crippen molar-refractivity contribution in [1.29, 1.82) is 0 Å². The van der Waals surface area contributed by atoms with E-state index in [4.69, 9.17) is 0 Å². The summed E-state index contributed by atoms with van der Waals surface area (Å²) in [6, 6.07) is 3.61. The summed E-state index contributed by atoms with van der Waals surface area (Å²) in [5.41, 5.74) is -0.331. The van der Waals surface area contributed by atoms with Gasteiger partial charge in [-0.2, -0.15) is 13.2 Å². The van der Waals surface area contributed by atoms with Crippen LogP contribution in [-0.2, 0) is 6.18 Å². The quantitative estimate of drug-likeness (QED) is 0.522. The fourth-order valence-corrected chi connectivity index (χ4v) is 5.39. The Kier molecular flexibility index (Phi) is 6.36. The topological polar surface area (TPSA) is 85.1 Å². The van der Waals surface area contributed by atoms with Gasteiger partial charge in [0.15, 0.2) is 0 Å². The van der Waals surface area contributed by atoms with E-state index in [0.29, 0.717) is 36.0 Å². The van der Waals surface area contributed by atoms with Gasteiger partial charge in [0.2, 0.25) is 0 Å². The normalized spacial score (nSPS) is 18.8. The number of H-pyrrole nitrogens is 2. The SMILES string of the molecule is CN1CCC(c2cc3c(C4CCN(C(=O)c5ccc(C(F)(F)F)[nH]c5=O)CC4)c(F)cnc3[nH]2)CC1. The number of carbonyl (C=O) groups excluding carboxylic acids is 1. The van der Waals surface area contributed by atoms with Crippen molar-refractivity contribution in [3.63, 3.8) is 0 Å². The number of piperidine rings is 2. The molecule has 2 fully saturated rings. The second-order valence-electron chi connectivity index (χ2n) is 9.76. The lowest BCUT2D eigenvalue weighted by Crippen LogP contribution is -2.40. The first-order chi connectivity index (χ1) is 17.1. The van der Waals surface area contributed by atoms with Crippen LogP contribution in [0.5, 0.6) is 0 Å². The van der Waals surface area contributed by atoms with Gasteiger partial charge in [-0.1, -0.05) is 0 Å². The van der Waals surface area contributed by atoms with Crippen molar-refractivity contribution < 1.29 is 22.4 Å². The summed E-state index contributed by atoms with van der Waals surface area (Å²) in [5.74, 6) is -0.797. The van der Waals surface area contributed by atoms with Crippen molar-refractivity contribution in [2.45, 2.75) is 43.7 Å². The zero-order valence-electron chi connectivity index (χ0n) is 19.8. The lowest BCUT2D eigenvalue weighted by molar-refractivity contribution is -0.141. The van der Waals surface area contributed by atoms with E-state index in [-0.39, 0.29) is 30.4 Å². The summed E-state index contributed by atoms with van der Waals surface area (Å²) in [6.07, 6.45) is -0.504. The molecule has 5 rings (SSSR count).